The van der Waals surface area contributed by atoms with Gasteiger partial charge in [-0.15, -0.1) is 0 Å². The van der Waals surface area contributed by atoms with Gasteiger partial charge in [-0.05, 0) is 19.8 Å². The number of anilines is 3. The molecule has 0 saturated carbocycles. The molecule has 0 spiro atoms. The Labute approximate surface area is 119 Å². The van der Waals surface area contributed by atoms with Crippen LogP contribution in [0.5, 0.6) is 0 Å². The summed E-state index contributed by atoms with van der Waals surface area (Å²) in [6.07, 6.45) is 0. The van der Waals surface area contributed by atoms with Crippen LogP contribution in [0.4, 0.5) is 17.8 Å². The van der Waals surface area contributed by atoms with Crippen LogP contribution in [0.1, 0.15) is 27.7 Å². The molecule has 0 aromatic carbocycles. The minimum absolute atomic E-state index is 0.00927. The van der Waals surface area contributed by atoms with Gasteiger partial charge in [0.05, 0.1) is 12.6 Å². The van der Waals surface area contributed by atoms with Gasteiger partial charge < -0.3 is 15.3 Å². The monoisotopic (exact) mass is 283 g/mol. The van der Waals surface area contributed by atoms with Crippen LogP contribution >= 0.6 is 0 Å². The van der Waals surface area contributed by atoms with Gasteiger partial charge in [0.2, 0.25) is 17.8 Å². The summed E-state index contributed by atoms with van der Waals surface area (Å²) in [4.78, 5) is 14.8. The highest BCUT2D eigenvalue weighted by molar-refractivity contribution is 5.43. The second-order valence-electron chi connectivity index (χ2n) is 4.78. The first kappa shape index (κ1) is 16.4. The smallest absolute Gasteiger partial charge is 0.243 e. The van der Waals surface area contributed by atoms with Crippen molar-refractivity contribution in [2.75, 3.05) is 35.3 Å². The zero-order chi connectivity index (χ0) is 15.1. The molecule has 8 heteroatoms. The molecule has 0 unspecified atom stereocenters. The lowest BCUT2D eigenvalue weighted by Gasteiger charge is -2.22. The molecule has 1 rings (SSSR count). The fraction of sp³-hybridized carbons (Fsp3) is 0.750. The van der Waals surface area contributed by atoms with Crippen molar-refractivity contribution in [2.45, 2.75) is 33.7 Å². The molecule has 5 N–H and O–H groups in total. The van der Waals surface area contributed by atoms with Crippen LogP contribution in [-0.2, 0) is 0 Å². The maximum Gasteiger partial charge on any atom is 0.243 e. The first-order chi connectivity index (χ1) is 9.55. The first-order valence-electron chi connectivity index (χ1n) is 6.90. The van der Waals surface area contributed by atoms with E-state index < -0.39 is 0 Å². The number of hydrogen-bond donors (Lipinski definition) is 4. The highest BCUT2D eigenvalue weighted by Gasteiger charge is 2.16. The molecular weight excluding hydrogens is 258 g/mol. The number of nitrogen functional groups attached to an aromatic ring is 1. The number of nitrogens with two attached hydrogens (primary N) is 1. The van der Waals surface area contributed by atoms with Crippen molar-refractivity contribution in [1.29, 1.82) is 0 Å². The van der Waals surface area contributed by atoms with Crippen LogP contribution in [0, 0.1) is 5.92 Å². The summed E-state index contributed by atoms with van der Waals surface area (Å²) in [6, 6.07) is -0.118. The third-order valence-corrected chi connectivity index (χ3v) is 3.11. The van der Waals surface area contributed by atoms with E-state index in [2.05, 4.69) is 25.7 Å². The van der Waals surface area contributed by atoms with Crippen LogP contribution in [0.3, 0.4) is 0 Å². The molecule has 0 fully saturated rings. The molecule has 0 aliphatic carbocycles. The predicted octanol–water partition coefficient (Wildman–Crippen LogP) is 0.432. The molecule has 0 saturated heterocycles. The van der Waals surface area contributed by atoms with Gasteiger partial charge in [0.25, 0.3) is 0 Å². The average molecular weight is 283 g/mol. The number of hydrazine groups is 1. The molecule has 20 heavy (non-hydrogen) atoms. The van der Waals surface area contributed by atoms with E-state index in [1.165, 1.54) is 0 Å². The van der Waals surface area contributed by atoms with Crippen molar-refractivity contribution in [2.24, 2.45) is 11.8 Å². The molecule has 1 aromatic heterocycles. The molecule has 1 atom stereocenters. The molecule has 8 nitrogen and oxygen atoms in total. The number of aliphatic hydroxyl groups is 1. The van der Waals surface area contributed by atoms with Crippen molar-refractivity contribution >= 4 is 17.8 Å². The number of aromatic nitrogens is 3. The largest absolute Gasteiger partial charge is 0.394 e. The number of hydrogen-bond acceptors (Lipinski definition) is 8. The minimum Gasteiger partial charge on any atom is -0.394 e. The van der Waals surface area contributed by atoms with Gasteiger partial charge in [-0.3, -0.25) is 5.43 Å². The molecule has 0 aliphatic rings. The number of nitrogens with one attached hydrogen (secondary N) is 2. The van der Waals surface area contributed by atoms with E-state index in [1.807, 2.05) is 32.6 Å². The van der Waals surface area contributed by atoms with Crippen molar-refractivity contribution in [1.82, 2.24) is 15.0 Å². The molecule has 114 valence electrons. The number of nitrogens with zero attached hydrogens (tertiary/aromatic N) is 4. The summed E-state index contributed by atoms with van der Waals surface area (Å²) < 4.78 is 0. The zero-order valence-corrected chi connectivity index (χ0v) is 12.6. The number of rotatable bonds is 8. The van der Waals surface area contributed by atoms with Gasteiger partial charge in [-0.1, -0.05) is 13.8 Å². The summed E-state index contributed by atoms with van der Waals surface area (Å²) in [5, 5.41) is 12.5. The Balaban J connectivity index is 3.03. The average Bonchev–Trinajstić information content (AvgIpc) is 2.45. The molecule has 1 aromatic rings. The van der Waals surface area contributed by atoms with Gasteiger partial charge >= 0.3 is 0 Å². The van der Waals surface area contributed by atoms with Crippen LogP contribution in [-0.4, -0.2) is 45.8 Å². The molecule has 1 heterocycles. The third kappa shape index (κ3) is 4.17. The van der Waals surface area contributed by atoms with E-state index in [1.54, 1.807) is 0 Å². The summed E-state index contributed by atoms with van der Waals surface area (Å²) in [5.74, 6) is 6.91. The summed E-state index contributed by atoms with van der Waals surface area (Å²) in [7, 11) is 0. The maximum absolute atomic E-state index is 9.37. The topological polar surface area (TPSA) is 112 Å². The molecule has 0 amide bonds. The summed E-state index contributed by atoms with van der Waals surface area (Å²) in [6.45, 7) is 9.68. The highest BCUT2D eigenvalue weighted by Crippen LogP contribution is 2.15. The lowest BCUT2D eigenvalue weighted by molar-refractivity contribution is 0.248. The van der Waals surface area contributed by atoms with E-state index in [0.29, 0.717) is 17.8 Å². The van der Waals surface area contributed by atoms with Gasteiger partial charge in [0, 0.05) is 13.1 Å². The van der Waals surface area contributed by atoms with Gasteiger partial charge in [0.1, 0.15) is 0 Å². The Kier molecular flexibility index (Phi) is 6.40. The van der Waals surface area contributed by atoms with E-state index in [0.717, 1.165) is 13.1 Å². The summed E-state index contributed by atoms with van der Waals surface area (Å²) >= 11 is 0. The molecule has 0 bridgehead atoms. The van der Waals surface area contributed by atoms with Crippen molar-refractivity contribution < 1.29 is 5.11 Å². The standard InChI is InChI=1S/C12H25N7O/c1-5-19(6-2)12-16-10(15-11(17-12)18-13)14-9(7-20)8(3)4/h8-9,20H,5-7,13H2,1-4H3,(H2,14,15,16,17,18)/t9-/m1/s1. The Bertz CT molecular complexity index is 409. The van der Waals surface area contributed by atoms with Gasteiger partial charge in [0.15, 0.2) is 0 Å². The predicted molar refractivity (Wildman–Crippen MR) is 80.5 cm³/mol. The van der Waals surface area contributed by atoms with Crippen molar-refractivity contribution in [3.63, 3.8) is 0 Å². The van der Waals surface area contributed by atoms with Crippen LogP contribution in [0.25, 0.3) is 0 Å². The molecule has 0 aliphatic heterocycles. The minimum atomic E-state index is -0.118. The number of aliphatic hydroxyl groups excluding tert-OH is 1. The van der Waals surface area contributed by atoms with Crippen molar-refractivity contribution in [3.8, 4) is 0 Å². The maximum atomic E-state index is 9.37. The lowest BCUT2D eigenvalue weighted by atomic mass is 10.1. The second-order valence-corrected chi connectivity index (χ2v) is 4.78. The SMILES string of the molecule is CCN(CC)c1nc(NN)nc(N[C@H](CO)C(C)C)n1. The Hall–Kier alpha value is -1.67. The van der Waals surface area contributed by atoms with E-state index in [9.17, 15) is 5.11 Å². The lowest BCUT2D eigenvalue weighted by Crippen LogP contribution is -2.32. The Morgan fingerprint density at radius 3 is 2.20 bits per heavy atom. The first-order valence-corrected chi connectivity index (χ1v) is 6.90. The normalized spacial score (nSPS) is 12.3. The fourth-order valence-electron chi connectivity index (χ4n) is 1.73. The van der Waals surface area contributed by atoms with Gasteiger partial charge in [-0.25, -0.2) is 5.84 Å². The Morgan fingerprint density at radius 1 is 1.15 bits per heavy atom. The van der Waals surface area contributed by atoms with Crippen LogP contribution < -0.4 is 21.5 Å². The molecular formula is C12H25N7O. The van der Waals surface area contributed by atoms with Crippen molar-refractivity contribution in [3.05, 3.63) is 0 Å². The second kappa shape index (κ2) is 7.81. The van der Waals surface area contributed by atoms with Gasteiger partial charge in [-0.2, -0.15) is 15.0 Å². The van der Waals surface area contributed by atoms with Crippen LogP contribution in [0.2, 0.25) is 0 Å². The highest BCUT2D eigenvalue weighted by atomic mass is 16.3. The fourth-order valence-corrected chi connectivity index (χ4v) is 1.73. The van der Waals surface area contributed by atoms with E-state index in [4.69, 9.17) is 5.84 Å². The molecule has 0 radical (unpaired) electrons. The van der Waals surface area contributed by atoms with E-state index in [-0.39, 0.29) is 18.6 Å². The Morgan fingerprint density at radius 2 is 1.75 bits per heavy atom. The zero-order valence-electron chi connectivity index (χ0n) is 12.6. The summed E-state index contributed by atoms with van der Waals surface area (Å²) in [5.41, 5.74) is 2.44. The third-order valence-electron chi connectivity index (χ3n) is 3.11. The van der Waals surface area contributed by atoms with E-state index >= 15 is 0 Å². The van der Waals surface area contributed by atoms with Crippen LogP contribution in [0.15, 0.2) is 0 Å². The quantitative estimate of drug-likeness (QED) is 0.401.